The lowest BCUT2D eigenvalue weighted by atomic mass is 10.1. The van der Waals surface area contributed by atoms with E-state index < -0.39 is 0 Å². The second-order valence-electron chi connectivity index (χ2n) is 3.07. The van der Waals surface area contributed by atoms with Gasteiger partial charge in [0.25, 0.3) is 0 Å². The monoisotopic (exact) mass is 184 g/mol. The fourth-order valence-electron chi connectivity index (χ4n) is 1.23. The molecule has 0 aliphatic rings. The lowest BCUT2D eigenvalue weighted by Crippen LogP contribution is -1.88. The van der Waals surface area contributed by atoms with E-state index in [2.05, 4.69) is 37.3 Å². The lowest BCUT2D eigenvalue weighted by molar-refractivity contribution is 1.48. The first kappa shape index (κ1) is 8.58. The quantitative estimate of drug-likeness (QED) is 0.597. The minimum absolute atomic E-state index is 0.871. The van der Waals surface area contributed by atoms with Gasteiger partial charge in [0.1, 0.15) is 7.85 Å². The van der Waals surface area contributed by atoms with Crippen LogP contribution in [0.25, 0.3) is 10.4 Å². The molecule has 1 aromatic carbocycles. The first-order valence-electron chi connectivity index (χ1n) is 4.18. The molecule has 0 saturated carbocycles. The zero-order chi connectivity index (χ0) is 9.26. The Kier molecular flexibility index (Phi) is 2.23. The molecule has 2 heteroatoms. The Labute approximate surface area is 83.6 Å². The van der Waals surface area contributed by atoms with E-state index in [0.29, 0.717) is 0 Å². The molecule has 0 amide bonds. The highest BCUT2D eigenvalue weighted by atomic mass is 32.1. The van der Waals surface area contributed by atoms with Crippen molar-refractivity contribution >= 4 is 24.0 Å². The van der Waals surface area contributed by atoms with Crippen LogP contribution in [0.5, 0.6) is 0 Å². The summed E-state index contributed by atoms with van der Waals surface area (Å²) in [5.41, 5.74) is 2.53. The Balaban J connectivity index is 2.41. The highest BCUT2D eigenvalue weighted by molar-refractivity contribution is 7.23. The van der Waals surface area contributed by atoms with Crippen LogP contribution >= 0.6 is 11.3 Å². The molecule has 1 aromatic heterocycles. The highest BCUT2D eigenvalue weighted by Gasteiger charge is 1.98. The van der Waals surface area contributed by atoms with Crippen molar-refractivity contribution in [3.05, 3.63) is 42.0 Å². The highest BCUT2D eigenvalue weighted by Crippen LogP contribution is 2.22. The van der Waals surface area contributed by atoms with Crippen molar-refractivity contribution in [2.45, 2.75) is 6.92 Å². The van der Waals surface area contributed by atoms with Crippen LogP contribution in [-0.2, 0) is 0 Å². The summed E-state index contributed by atoms with van der Waals surface area (Å²) in [5.74, 6) is 0. The van der Waals surface area contributed by atoms with Gasteiger partial charge >= 0.3 is 0 Å². The first-order chi connectivity index (χ1) is 6.25. The van der Waals surface area contributed by atoms with Crippen LogP contribution < -0.4 is 4.78 Å². The molecule has 0 aliphatic heterocycles. The molecule has 0 N–H and O–H groups in total. The van der Waals surface area contributed by atoms with Crippen molar-refractivity contribution in [1.29, 1.82) is 0 Å². The van der Waals surface area contributed by atoms with Gasteiger partial charge in [-0.05, 0) is 23.3 Å². The zero-order valence-electron chi connectivity index (χ0n) is 7.45. The molecule has 1 heterocycles. The number of hydrogen-bond acceptors (Lipinski definition) is 1. The average molecular weight is 184 g/mol. The number of thiophene rings is 1. The molecule has 2 rings (SSSR count). The Bertz CT molecular complexity index is 400. The van der Waals surface area contributed by atoms with Gasteiger partial charge < -0.3 is 0 Å². The third kappa shape index (κ3) is 1.83. The minimum Gasteiger partial charge on any atom is -0.152 e. The SMILES string of the molecule is [B]c1ccc(-c2ccc(C)cc2)s1. The first-order valence-corrected chi connectivity index (χ1v) is 5.00. The van der Waals surface area contributed by atoms with Crippen molar-refractivity contribution < 1.29 is 0 Å². The van der Waals surface area contributed by atoms with Crippen LogP contribution in [0, 0.1) is 6.92 Å². The summed E-state index contributed by atoms with van der Waals surface area (Å²) in [6.45, 7) is 2.09. The van der Waals surface area contributed by atoms with Crippen LogP contribution in [0.15, 0.2) is 36.4 Å². The summed E-state index contributed by atoms with van der Waals surface area (Å²) >= 11 is 1.62. The second kappa shape index (κ2) is 3.39. The molecule has 0 spiro atoms. The Hall–Kier alpha value is -1.02. The maximum Gasteiger partial charge on any atom is 0.128 e. The Morgan fingerprint density at radius 1 is 1.00 bits per heavy atom. The van der Waals surface area contributed by atoms with Gasteiger partial charge in [0.05, 0.1) is 0 Å². The van der Waals surface area contributed by atoms with Gasteiger partial charge in [0.2, 0.25) is 0 Å². The van der Waals surface area contributed by atoms with Crippen LogP contribution in [0.1, 0.15) is 5.56 Å². The molecule has 0 saturated heterocycles. The molecule has 0 aliphatic carbocycles. The van der Waals surface area contributed by atoms with Crippen molar-refractivity contribution in [1.82, 2.24) is 0 Å². The van der Waals surface area contributed by atoms with Gasteiger partial charge in [-0.2, -0.15) is 11.3 Å². The van der Waals surface area contributed by atoms with Crippen molar-refractivity contribution in [2.75, 3.05) is 0 Å². The normalized spacial score (nSPS) is 10.2. The van der Waals surface area contributed by atoms with E-state index in [1.54, 1.807) is 11.3 Å². The predicted octanol–water partition coefficient (Wildman–Crippen LogP) is 2.52. The summed E-state index contributed by atoms with van der Waals surface area (Å²) in [5, 5.41) is 0. The predicted molar refractivity (Wildman–Crippen MR) is 59.9 cm³/mol. The van der Waals surface area contributed by atoms with Gasteiger partial charge in [-0.3, -0.25) is 0 Å². The van der Waals surface area contributed by atoms with E-state index in [1.807, 2.05) is 6.07 Å². The molecular formula is C11H9BS. The molecule has 13 heavy (non-hydrogen) atoms. The lowest BCUT2D eigenvalue weighted by Gasteiger charge is -1.97. The van der Waals surface area contributed by atoms with Gasteiger partial charge in [0, 0.05) is 4.88 Å². The summed E-state index contributed by atoms with van der Waals surface area (Å²) < 4.78 is 0.871. The molecule has 0 unspecified atom stereocenters. The Morgan fingerprint density at radius 2 is 1.69 bits per heavy atom. The van der Waals surface area contributed by atoms with Crippen molar-refractivity contribution in [2.24, 2.45) is 0 Å². The fourth-order valence-corrected chi connectivity index (χ4v) is 2.01. The number of aryl methyl sites for hydroxylation is 1. The van der Waals surface area contributed by atoms with E-state index in [4.69, 9.17) is 7.85 Å². The van der Waals surface area contributed by atoms with Gasteiger partial charge in [0.15, 0.2) is 0 Å². The van der Waals surface area contributed by atoms with E-state index in [-0.39, 0.29) is 0 Å². The zero-order valence-corrected chi connectivity index (χ0v) is 8.27. The molecule has 2 radical (unpaired) electrons. The van der Waals surface area contributed by atoms with Gasteiger partial charge in [-0.15, -0.1) is 0 Å². The van der Waals surface area contributed by atoms with Crippen molar-refractivity contribution in [3.8, 4) is 10.4 Å². The van der Waals surface area contributed by atoms with Crippen molar-refractivity contribution in [3.63, 3.8) is 0 Å². The standard InChI is InChI=1S/C11H9BS/c1-8-2-4-9(5-3-8)10-6-7-11(12)13-10/h2-7H,1H3. The molecule has 2 aromatic rings. The maximum atomic E-state index is 5.66. The fraction of sp³-hybridized carbons (Fsp3) is 0.0909. The molecule has 0 nitrogen and oxygen atoms in total. The van der Waals surface area contributed by atoms with E-state index in [9.17, 15) is 0 Å². The topological polar surface area (TPSA) is 0 Å². The smallest absolute Gasteiger partial charge is 0.128 e. The van der Waals surface area contributed by atoms with Gasteiger partial charge in [-0.1, -0.05) is 35.9 Å². The molecule has 0 atom stereocenters. The van der Waals surface area contributed by atoms with Crippen LogP contribution in [0.3, 0.4) is 0 Å². The number of benzene rings is 1. The number of rotatable bonds is 1. The van der Waals surface area contributed by atoms with E-state index >= 15 is 0 Å². The minimum atomic E-state index is 0.871. The molecule has 0 fully saturated rings. The summed E-state index contributed by atoms with van der Waals surface area (Å²) in [6, 6.07) is 12.5. The van der Waals surface area contributed by atoms with Crippen LogP contribution in [0.2, 0.25) is 0 Å². The van der Waals surface area contributed by atoms with Crippen LogP contribution in [-0.4, -0.2) is 7.85 Å². The van der Waals surface area contributed by atoms with E-state index in [0.717, 1.165) is 4.78 Å². The second-order valence-corrected chi connectivity index (χ2v) is 4.18. The molecule has 0 bridgehead atoms. The third-order valence-electron chi connectivity index (χ3n) is 1.96. The number of hydrogen-bond donors (Lipinski definition) is 0. The van der Waals surface area contributed by atoms with Gasteiger partial charge in [-0.25, -0.2) is 0 Å². The molecular weight excluding hydrogens is 175 g/mol. The van der Waals surface area contributed by atoms with E-state index in [1.165, 1.54) is 16.0 Å². The maximum absolute atomic E-state index is 5.66. The average Bonchev–Trinajstić information content (AvgIpc) is 2.53. The third-order valence-corrected chi connectivity index (χ3v) is 2.93. The summed E-state index contributed by atoms with van der Waals surface area (Å²) in [7, 11) is 5.66. The summed E-state index contributed by atoms with van der Waals surface area (Å²) in [4.78, 5) is 1.23. The Morgan fingerprint density at radius 3 is 2.23 bits per heavy atom. The molecule has 62 valence electrons. The largest absolute Gasteiger partial charge is 0.152 e. The summed E-state index contributed by atoms with van der Waals surface area (Å²) in [6.07, 6.45) is 0. The van der Waals surface area contributed by atoms with Crippen LogP contribution in [0.4, 0.5) is 0 Å².